The number of carbonyl (C=O) groups is 1. The maximum absolute atomic E-state index is 12.5. The number of rotatable bonds is 9. The van der Waals surface area contributed by atoms with Crippen LogP contribution in [0.4, 0.5) is 0 Å². The molecule has 1 aliphatic heterocycles. The Kier molecular flexibility index (Phi) is 7.74. The van der Waals surface area contributed by atoms with E-state index in [0.29, 0.717) is 24.0 Å². The Morgan fingerprint density at radius 2 is 2.05 bits per heavy atom. The molecule has 20 heavy (non-hydrogen) atoms. The fourth-order valence-electron chi connectivity index (χ4n) is 2.61. The first kappa shape index (κ1) is 17.6. The second-order valence-corrected chi connectivity index (χ2v) is 7.84. The minimum absolute atomic E-state index is 0.0336. The lowest BCUT2D eigenvalue weighted by Crippen LogP contribution is -2.40. The van der Waals surface area contributed by atoms with Gasteiger partial charge in [0.05, 0.1) is 12.2 Å². The van der Waals surface area contributed by atoms with Crippen LogP contribution in [0.3, 0.4) is 0 Å². The highest BCUT2D eigenvalue weighted by atomic mass is 32.2. The fraction of sp³-hybridized carbons (Fsp3) is 0.933. The largest absolute Gasteiger partial charge is 0.325 e. The molecule has 3 atom stereocenters. The van der Waals surface area contributed by atoms with Crippen LogP contribution >= 0.6 is 0 Å². The van der Waals surface area contributed by atoms with Crippen molar-refractivity contribution in [1.82, 2.24) is 10.2 Å². The quantitative estimate of drug-likeness (QED) is 0.710. The summed E-state index contributed by atoms with van der Waals surface area (Å²) in [6, 6.07) is -0.0336. The van der Waals surface area contributed by atoms with E-state index in [0.717, 1.165) is 25.7 Å². The van der Waals surface area contributed by atoms with Gasteiger partial charge in [0.1, 0.15) is 0 Å². The Bertz CT molecular complexity index is 334. The number of nitrogens with one attached hydrogen (secondary N) is 1. The molecule has 0 aromatic rings. The summed E-state index contributed by atoms with van der Waals surface area (Å²) < 4.78 is 11.6. The van der Waals surface area contributed by atoms with E-state index in [1.54, 1.807) is 0 Å². The van der Waals surface area contributed by atoms with E-state index in [1.165, 1.54) is 0 Å². The van der Waals surface area contributed by atoms with E-state index in [4.69, 9.17) is 0 Å². The van der Waals surface area contributed by atoms with Crippen LogP contribution in [0.2, 0.25) is 0 Å². The van der Waals surface area contributed by atoms with E-state index < -0.39 is 10.8 Å². The molecule has 0 spiro atoms. The predicted octanol–water partition coefficient (Wildman–Crippen LogP) is 2.12. The molecule has 5 heteroatoms. The standard InChI is InChI=1S/C15H30N2O2S/c1-5-7-8-13-15(18)17(9-10-20(19)6-2)14(16-13)11-12(3)4/h12-14,16H,5-11H2,1-4H3. The van der Waals surface area contributed by atoms with Crippen LogP contribution in [-0.2, 0) is 15.6 Å². The van der Waals surface area contributed by atoms with Gasteiger partial charge in [-0.15, -0.1) is 0 Å². The third-order valence-corrected chi connectivity index (χ3v) is 5.06. The summed E-state index contributed by atoms with van der Waals surface area (Å²) >= 11 is 0. The van der Waals surface area contributed by atoms with E-state index in [1.807, 2.05) is 11.8 Å². The summed E-state index contributed by atoms with van der Waals surface area (Å²) in [6.07, 6.45) is 4.19. The number of hydrogen-bond acceptors (Lipinski definition) is 3. The highest BCUT2D eigenvalue weighted by Crippen LogP contribution is 2.20. The molecule has 0 aromatic heterocycles. The molecule has 118 valence electrons. The van der Waals surface area contributed by atoms with Crippen molar-refractivity contribution in [1.29, 1.82) is 0 Å². The Morgan fingerprint density at radius 3 is 2.60 bits per heavy atom. The van der Waals surface area contributed by atoms with Crippen LogP contribution in [-0.4, -0.2) is 45.3 Å². The second kappa shape index (κ2) is 8.78. The lowest BCUT2D eigenvalue weighted by Gasteiger charge is -2.25. The lowest BCUT2D eigenvalue weighted by molar-refractivity contribution is -0.130. The molecule has 1 heterocycles. The maximum Gasteiger partial charge on any atom is 0.241 e. The molecule has 0 bridgehead atoms. The average molecular weight is 302 g/mol. The molecule has 0 saturated carbocycles. The monoisotopic (exact) mass is 302 g/mol. The van der Waals surface area contributed by atoms with E-state index >= 15 is 0 Å². The number of nitrogens with zero attached hydrogens (tertiary/aromatic N) is 1. The van der Waals surface area contributed by atoms with Gasteiger partial charge in [-0.3, -0.25) is 14.3 Å². The first-order valence-electron chi connectivity index (χ1n) is 7.91. The van der Waals surface area contributed by atoms with Crippen molar-refractivity contribution in [2.24, 2.45) is 5.92 Å². The zero-order valence-corrected chi connectivity index (χ0v) is 14.2. The summed E-state index contributed by atoms with van der Waals surface area (Å²) in [6.45, 7) is 9.04. The van der Waals surface area contributed by atoms with Crippen LogP contribution in [0, 0.1) is 5.92 Å². The normalized spacial score (nSPS) is 24.6. The van der Waals surface area contributed by atoms with Crippen LogP contribution in [0.25, 0.3) is 0 Å². The molecule has 4 nitrogen and oxygen atoms in total. The van der Waals surface area contributed by atoms with Gasteiger partial charge < -0.3 is 4.90 Å². The third kappa shape index (κ3) is 5.17. The fourth-order valence-corrected chi connectivity index (χ4v) is 3.30. The average Bonchev–Trinajstić information content (AvgIpc) is 2.69. The molecule has 0 aromatic carbocycles. The van der Waals surface area contributed by atoms with Crippen molar-refractivity contribution in [2.75, 3.05) is 18.1 Å². The first-order valence-corrected chi connectivity index (χ1v) is 9.39. The van der Waals surface area contributed by atoms with Crippen molar-refractivity contribution in [2.45, 2.75) is 65.6 Å². The van der Waals surface area contributed by atoms with Gasteiger partial charge >= 0.3 is 0 Å². The van der Waals surface area contributed by atoms with Gasteiger partial charge in [-0.2, -0.15) is 0 Å². The summed E-state index contributed by atoms with van der Waals surface area (Å²) in [7, 11) is -0.804. The van der Waals surface area contributed by atoms with Crippen molar-refractivity contribution in [3.63, 3.8) is 0 Å². The molecule has 3 unspecified atom stereocenters. The molecule has 1 saturated heterocycles. The van der Waals surface area contributed by atoms with E-state index in [-0.39, 0.29) is 18.1 Å². The number of hydrogen-bond donors (Lipinski definition) is 1. The maximum atomic E-state index is 12.5. The van der Waals surface area contributed by atoms with E-state index in [9.17, 15) is 9.00 Å². The van der Waals surface area contributed by atoms with Gasteiger partial charge in [0.2, 0.25) is 5.91 Å². The molecule has 1 N–H and O–H groups in total. The molecule has 1 aliphatic rings. The second-order valence-electron chi connectivity index (χ2n) is 5.97. The molecule has 0 radical (unpaired) electrons. The first-order chi connectivity index (χ1) is 9.49. The number of unbranched alkanes of at least 4 members (excludes halogenated alkanes) is 1. The number of amides is 1. The topological polar surface area (TPSA) is 49.4 Å². The van der Waals surface area contributed by atoms with Gasteiger partial charge in [-0.25, -0.2) is 0 Å². The molecule has 1 fully saturated rings. The summed E-state index contributed by atoms with van der Waals surface area (Å²) in [5.74, 6) is 2.02. The van der Waals surface area contributed by atoms with Gasteiger partial charge in [0.15, 0.2) is 0 Å². The zero-order chi connectivity index (χ0) is 15.1. The van der Waals surface area contributed by atoms with Gasteiger partial charge in [-0.05, 0) is 18.8 Å². The van der Waals surface area contributed by atoms with Crippen molar-refractivity contribution < 1.29 is 9.00 Å². The summed E-state index contributed by atoms with van der Waals surface area (Å²) in [5, 5.41) is 3.48. The Labute approximate surface area is 126 Å². The summed E-state index contributed by atoms with van der Waals surface area (Å²) in [5.41, 5.74) is 0. The number of carbonyl (C=O) groups excluding carboxylic acids is 1. The highest BCUT2D eigenvalue weighted by molar-refractivity contribution is 7.84. The Hall–Kier alpha value is -0.420. The van der Waals surface area contributed by atoms with Crippen molar-refractivity contribution >= 4 is 16.7 Å². The van der Waals surface area contributed by atoms with Crippen LogP contribution in [0.5, 0.6) is 0 Å². The van der Waals surface area contributed by atoms with Crippen molar-refractivity contribution in [3.05, 3.63) is 0 Å². The van der Waals surface area contributed by atoms with Gasteiger partial charge in [0.25, 0.3) is 0 Å². The SMILES string of the molecule is CCCCC1NC(CC(C)C)N(CCS(=O)CC)C1=O. The van der Waals surface area contributed by atoms with Crippen LogP contribution < -0.4 is 5.32 Å². The van der Waals surface area contributed by atoms with Crippen LogP contribution in [0.1, 0.15) is 53.4 Å². The summed E-state index contributed by atoms with van der Waals surface area (Å²) in [4.78, 5) is 14.4. The lowest BCUT2D eigenvalue weighted by atomic mass is 10.1. The molecular formula is C15H30N2O2S. The third-order valence-electron chi connectivity index (χ3n) is 3.77. The molecular weight excluding hydrogens is 272 g/mol. The molecule has 1 amide bonds. The minimum Gasteiger partial charge on any atom is -0.325 e. The molecule has 1 rings (SSSR count). The van der Waals surface area contributed by atoms with Gasteiger partial charge in [-0.1, -0.05) is 40.5 Å². The highest BCUT2D eigenvalue weighted by Gasteiger charge is 2.38. The Morgan fingerprint density at radius 1 is 1.35 bits per heavy atom. The van der Waals surface area contributed by atoms with Crippen LogP contribution in [0.15, 0.2) is 0 Å². The minimum atomic E-state index is -0.804. The van der Waals surface area contributed by atoms with Crippen molar-refractivity contribution in [3.8, 4) is 0 Å². The zero-order valence-electron chi connectivity index (χ0n) is 13.4. The van der Waals surface area contributed by atoms with Gasteiger partial charge in [0, 0.05) is 28.9 Å². The predicted molar refractivity (Wildman–Crippen MR) is 85.0 cm³/mol. The molecule has 0 aliphatic carbocycles. The smallest absolute Gasteiger partial charge is 0.241 e. The Balaban J connectivity index is 2.63. The van der Waals surface area contributed by atoms with E-state index in [2.05, 4.69) is 26.1 Å².